The van der Waals surface area contributed by atoms with Crippen LogP contribution in [0.2, 0.25) is 0 Å². The molecule has 1 rings (SSSR count). The van der Waals surface area contributed by atoms with Crippen molar-refractivity contribution in [2.75, 3.05) is 6.16 Å². The molecule has 0 nitrogen and oxygen atoms in total. The summed E-state index contributed by atoms with van der Waals surface area (Å²) in [5, 5.41) is 0. The zero-order valence-electron chi connectivity index (χ0n) is 5.07. The zero-order valence-corrected chi connectivity index (χ0v) is 6.07. The maximum atomic E-state index is 2.36. The van der Waals surface area contributed by atoms with Crippen LogP contribution in [0.5, 0.6) is 0 Å². The predicted molar refractivity (Wildman–Crippen MR) is 36.4 cm³/mol. The van der Waals surface area contributed by atoms with E-state index in [4.69, 9.17) is 0 Å². The van der Waals surface area contributed by atoms with Gasteiger partial charge < -0.3 is 0 Å². The Bertz CT molecular complexity index is 53.2. The molecule has 1 aliphatic rings. The topological polar surface area (TPSA) is 0 Å². The lowest BCUT2D eigenvalue weighted by atomic mass is 10.1. The molecule has 1 fully saturated rings. The van der Waals surface area contributed by atoms with E-state index in [0.29, 0.717) is 0 Å². The minimum Gasteiger partial charge on any atom is -0.119 e. The molecule has 0 bridgehead atoms. The van der Waals surface area contributed by atoms with Crippen molar-refractivity contribution in [2.24, 2.45) is 5.92 Å². The monoisotopic (exact) mass is 116 g/mol. The smallest absolute Gasteiger partial charge is 0.0262 e. The van der Waals surface area contributed by atoms with Crippen LogP contribution >= 0.6 is 8.58 Å². The normalized spacial score (nSPS) is 45.4. The highest BCUT2D eigenvalue weighted by molar-refractivity contribution is 7.39. The molecule has 0 N–H and O–H groups in total. The summed E-state index contributed by atoms with van der Waals surface area (Å²) in [5.41, 5.74) is 1.05. The third-order valence-electron chi connectivity index (χ3n) is 1.57. The molecular weight excluding hydrogens is 103 g/mol. The van der Waals surface area contributed by atoms with Crippen molar-refractivity contribution < 1.29 is 0 Å². The van der Waals surface area contributed by atoms with Gasteiger partial charge in [-0.15, -0.1) is 8.58 Å². The van der Waals surface area contributed by atoms with Gasteiger partial charge in [0.25, 0.3) is 0 Å². The molecule has 0 saturated carbocycles. The van der Waals surface area contributed by atoms with Crippen LogP contribution in [-0.4, -0.2) is 11.8 Å². The number of rotatable bonds is 0. The Labute approximate surface area is 47.5 Å². The average Bonchev–Trinajstić information content (AvgIpc) is 1.87. The van der Waals surface area contributed by atoms with Crippen molar-refractivity contribution in [3.63, 3.8) is 0 Å². The van der Waals surface area contributed by atoms with Crippen molar-refractivity contribution >= 4 is 8.58 Å². The Morgan fingerprint density at radius 2 is 2.14 bits per heavy atom. The molecule has 1 aliphatic heterocycles. The Balaban J connectivity index is 2.26. The highest BCUT2D eigenvalue weighted by atomic mass is 31.1. The summed E-state index contributed by atoms with van der Waals surface area (Å²) in [6.07, 6.45) is 2.99. The van der Waals surface area contributed by atoms with Crippen molar-refractivity contribution in [1.29, 1.82) is 0 Å². The van der Waals surface area contributed by atoms with E-state index in [0.717, 1.165) is 11.6 Å². The second kappa shape index (κ2) is 2.13. The second-order valence-electron chi connectivity index (χ2n) is 2.65. The van der Waals surface area contributed by atoms with E-state index >= 15 is 0 Å². The molecule has 42 valence electrons. The molecule has 7 heavy (non-hydrogen) atoms. The van der Waals surface area contributed by atoms with Crippen molar-refractivity contribution in [2.45, 2.75) is 25.9 Å². The molecule has 1 saturated heterocycles. The quantitative estimate of drug-likeness (QED) is 0.425. The first-order valence-corrected chi connectivity index (χ1v) is 4.31. The maximum absolute atomic E-state index is 2.36. The van der Waals surface area contributed by atoms with Gasteiger partial charge in [0.2, 0.25) is 0 Å². The van der Waals surface area contributed by atoms with Crippen LogP contribution in [0.15, 0.2) is 0 Å². The van der Waals surface area contributed by atoms with Gasteiger partial charge in [-0.05, 0) is 24.2 Å². The van der Waals surface area contributed by atoms with Crippen LogP contribution in [0.3, 0.4) is 0 Å². The van der Waals surface area contributed by atoms with E-state index in [1.807, 2.05) is 0 Å². The minimum absolute atomic E-state index is 1.04. The lowest BCUT2D eigenvalue weighted by Gasteiger charge is -1.95. The highest BCUT2D eigenvalue weighted by Gasteiger charge is 2.15. The molecule has 1 heterocycles. The third-order valence-corrected chi connectivity index (χ3v) is 3.44. The van der Waals surface area contributed by atoms with Gasteiger partial charge in [-0.2, -0.15) is 0 Å². The Morgan fingerprint density at radius 1 is 1.43 bits per heavy atom. The first-order valence-electron chi connectivity index (χ1n) is 3.02. The molecule has 0 radical (unpaired) electrons. The van der Waals surface area contributed by atoms with Crippen LogP contribution in [0.4, 0.5) is 0 Å². The summed E-state index contributed by atoms with van der Waals surface area (Å²) in [5.74, 6) is 1.04. The summed E-state index contributed by atoms with van der Waals surface area (Å²) in [6, 6.07) is 0. The Kier molecular flexibility index (Phi) is 1.69. The first-order chi connectivity index (χ1) is 3.29. The minimum atomic E-state index is 1.04. The van der Waals surface area contributed by atoms with Crippen LogP contribution in [0.25, 0.3) is 0 Å². The summed E-state index contributed by atoms with van der Waals surface area (Å²) >= 11 is 0. The van der Waals surface area contributed by atoms with Gasteiger partial charge in [-0.25, -0.2) is 0 Å². The van der Waals surface area contributed by atoms with Gasteiger partial charge in [-0.3, -0.25) is 0 Å². The fourth-order valence-corrected chi connectivity index (χ4v) is 2.71. The van der Waals surface area contributed by atoms with Crippen LogP contribution in [0.1, 0.15) is 20.3 Å². The molecule has 0 spiro atoms. The number of hydrogen-bond acceptors (Lipinski definition) is 0. The van der Waals surface area contributed by atoms with E-state index in [2.05, 4.69) is 13.8 Å². The molecule has 0 aromatic heterocycles. The molecular formula is C6H13P. The van der Waals surface area contributed by atoms with Crippen molar-refractivity contribution in [1.82, 2.24) is 0 Å². The summed E-state index contributed by atoms with van der Waals surface area (Å²) in [6.45, 7) is 4.72. The van der Waals surface area contributed by atoms with Crippen LogP contribution in [0, 0.1) is 5.92 Å². The summed E-state index contributed by atoms with van der Waals surface area (Å²) < 4.78 is 0. The molecule has 0 aromatic rings. The standard InChI is InChI=1S/C6H13P/c1-5-3-6(2)7-4-5/h5-7H,3-4H2,1-2H3. The maximum Gasteiger partial charge on any atom is -0.0262 e. The lowest BCUT2D eigenvalue weighted by Crippen LogP contribution is -1.90. The Morgan fingerprint density at radius 3 is 2.29 bits per heavy atom. The number of hydrogen-bond donors (Lipinski definition) is 0. The SMILES string of the molecule is CC1CPC(C)C1. The van der Waals surface area contributed by atoms with Gasteiger partial charge >= 0.3 is 0 Å². The van der Waals surface area contributed by atoms with Crippen LogP contribution < -0.4 is 0 Å². The van der Waals surface area contributed by atoms with Crippen molar-refractivity contribution in [3.05, 3.63) is 0 Å². The molecule has 1 heteroatoms. The lowest BCUT2D eigenvalue weighted by molar-refractivity contribution is 0.626. The van der Waals surface area contributed by atoms with Gasteiger partial charge in [0.05, 0.1) is 0 Å². The fraction of sp³-hybridized carbons (Fsp3) is 1.00. The highest BCUT2D eigenvalue weighted by Crippen LogP contribution is 2.35. The molecule has 0 aliphatic carbocycles. The van der Waals surface area contributed by atoms with E-state index < -0.39 is 0 Å². The van der Waals surface area contributed by atoms with E-state index in [-0.39, 0.29) is 0 Å². The molecule has 3 atom stereocenters. The summed E-state index contributed by atoms with van der Waals surface area (Å²) in [4.78, 5) is 0. The van der Waals surface area contributed by atoms with E-state index in [9.17, 15) is 0 Å². The van der Waals surface area contributed by atoms with Gasteiger partial charge in [0, 0.05) is 0 Å². The van der Waals surface area contributed by atoms with Gasteiger partial charge in [-0.1, -0.05) is 13.8 Å². The van der Waals surface area contributed by atoms with Gasteiger partial charge in [0.1, 0.15) is 0 Å². The fourth-order valence-electron chi connectivity index (χ4n) is 1.17. The molecule has 0 aromatic carbocycles. The van der Waals surface area contributed by atoms with Crippen LogP contribution in [-0.2, 0) is 0 Å². The third kappa shape index (κ3) is 1.42. The second-order valence-corrected chi connectivity index (χ2v) is 4.45. The zero-order chi connectivity index (χ0) is 5.28. The van der Waals surface area contributed by atoms with Crippen molar-refractivity contribution in [3.8, 4) is 0 Å². The molecule has 0 amide bonds. The first kappa shape index (κ1) is 5.56. The van der Waals surface area contributed by atoms with E-state index in [1.165, 1.54) is 21.2 Å². The average molecular weight is 116 g/mol. The largest absolute Gasteiger partial charge is 0.119 e. The predicted octanol–water partition coefficient (Wildman–Crippen LogP) is 2.09. The summed E-state index contributed by atoms with van der Waals surface area (Å²) in [7, 11) is 1.26. The van der Waals surface area contributed by atoms with E-state index in [1.54, 1.807) is 0 Å². The molecule has 3 unspecified atom stereocenters. The van der Waals surface area contributed by atoms with Gasteiger partial charge in [0.15, 0.2) is 0 Å². The Hall–Kier alpha value is 0.430.